The van der Waals surface area contributed by atoms with Gasteiger partial charge in [0.2, 0.25) is 5.91 Å². The lowest BCUT2D eigenvalue weighted by molar-refractivity contribution is -0.145. The van der Waals surface area contributed by atoms with Crippen molar-refractivity contribution in [1.82, 2.24) is 26.0 Å². The van der Waals surface area contributed by atoms with Crippen LogP contribution in [0.1, 0.15) is 18.1 Å². The van der Waals surface area contributed by atoms with Gasteiger partial charge >= 0.3 is 0 Å². The van der Waals surface area contributed by atoms with Gasteiger partial charge in [-0.25, -0.2) is 5.01 Å². The third-order valence-corrected chi connectivity index (χ3v) is 4.05. The number of likely N-dealkylation sites (N-methyl/N-ethyl adjacent to an activating group) is 2. The van der Waals surface area contributed by atoms with Crippen LogP contribution in [0.3, 0.4) is 0 Å². The second-order valence-electron chi connectivity index (χ2n) is 5.82. The number of hydrogen-bond acceptors (Lipinski definition) is 5. The van der Waals surface area contributed by atoms with Gasteiger partial charge < -0.3 is 10.6 Å². The summed E-state index contributed by atoms with van der Waals surface area (Å²) in [6.07, 6.45) is 0. The largest absolute Gasteiger partial charge is 0.354 e. The number of hydrogen-bond donors (Lipinski definition) is 3. The maximum Gasteiger partial charge on any atom is 0.250 e. The molecular formula is C17H27N5O2. The monoisotopic (exact) mass is 333 g/mol. The van der Waals surface area contributed by atoms with Crippen LogP contribution in [0.25, 0.3) is 0 Å². The molecule has 3 N–H and O–H groups in total. The molecule has 0 atom stereocenters. The van der Waals surface area contributed by atoms with E-state index < -0.39 is 0 Å². The maximum atomic E-state index is 12.2. The van der Waals surface area contributed by atoms with Crippen LogP contribution in [0.2, 0.25) is 0 Å². The van der Waals surface area contributed by atoms with Gasteiger partial charge in [0, 0.05) is 33.2 Å². The lowest BCUT2D eigenvalue weighted by atomic mass is 10.1. The molecule has 2 amide bonds. The van der Waals surface area contributed by atoms with E-state index in [2.05, 4.69) is 28.1 Å². The number of rotatable bonds is 9. The summed E-state index contributed by atoms with van der Waals surface area (Å²) in [6.45, 7) is 6.01. The summed E-state index contributed by atoms with van der Waals surface area (Å²) in [6, 6.07) is 8.20. The molecule has 7 nitrogen and oxygen atoms in total. The lowest BCUT2D eigenvalue weighted by Gasteiger charge is -2.27. The summed E-state index contributed by atoms with van der Waals surface area (Å²) in [5, 5.41) is 12.5. The van der Waals surface area contributed by atoms with Gasteiger partial charge in [-0.3, -0.25) is 19.9 Å². The van der Waals surface area contributed by atoms with Crippen molar-refractivity contribution in [2.75, 3.05) is 39.8 Å². The first-order valence-electron chi connectivity index (χ1n) is 8.38. The van der Waals surface area contributed by atoms with E-state index in [9.17, 15) is 9.59 Å². The molecule has 0 aliphatic carbocycles. The summed E-state index contributed by atoms with van der Waals surface area (Å²) in [5.41, 5.74) is 2.51. The zero-order valence-corrected chi connectivity index (χ0v) is 14.5. The highest BCUT2D eigenvalue weighted by Gasteiger charge is 2.24. The van der Waals surface area contributed by atoms with Gasteiger partial charge in [-0.15, -0.1) is 0 Å². The molecule has 0 spiro atoms. The van der Waals surface area contributed by atoms with Gasteiger partial charge in [-0.2, -0.15) is 0 Å². The van der Waals surface area contributed by atoms with E-state index in [1.165, 1.54) is 11.1 Å². The molecule has 0 fully saturated rings. The van der Waals surface area contributed by atoms with Crippen LogP contribution >= 0.6 is 0 Å². The van der Waals surface area contributed by atoms with Crippen LogP contribution in [0.4, 0.5) is 0 Å². The van der Waals surface area contributed by atoms with E-state index >= 15 is 0 Å². The van der Waals surface area contributed by atoms with E-state index in [-0.39, 0.29) is 24.9 Å². The molecule has 1 aliphatic rings. The van der Waals surface area contributed by atoms with Gasteiger partial charge in [0.15, 0.2) is 0 Å². The number of carbonyl (C=O) groups is 2. The van der Waals surface area contributed by atoms with E-state index in [1.54, 1.807) is 12.1 Å². The Morgan fingerprint density at radius 1 is 1.08 bits per heavy atom. The summed E-state index contributed by atoms with van der Waals surface area (Å²) in [7, 11) is 1.77. The topological polar surface area (TPSA) is 76.7 Å². The number of nitrogens with zero attached hydrogens (tertiary/aromatic N) is 2. The van der Waals surface area contributed by atoms with E-state index in [1.807, 2.05) is 24.1 Å². The van der Waals surface area contributed by atoms with Crippen molar-refractivity contribution < 1.29 is 9.59 Å². The van der Waals surface area contributed by atoms with Crippen molar-refractivity contribution >= 4 is 11.8 Å². The lowest BCUT2D eigenvalue weighted by Crippen LogP contribution is -2.46. The molecule has 132 valence electrons. The Bertz CT molecular complexity index is 539. The van der Waals surface area contributed by atoms with Crippen molar-refractivity contribution in [3.63, 3.8) is 0 Å². The number of carbonyl (C=O) groups excluding carboxylic acids is 2. The van der Waals surface area contributed by atoms with Crippen LogP contribution in [-0.4, -0.2) is 61.6 Å². The van der Waals surface area contributed by atoms with Crippen LogP contribution in [0.15, 0.2) is 24.3 Å². The number of nitrogens with one attached hydrogen (secondary N) is 3. The predicted octanol–water partition coefficient (Wildman–Crippen LogP) is -0.309. The Kier molecular flexibility index (Phi) is 7.17. The number of amides is 2. The highest BCUT2D eigenvalue weighted by Crippen LogP contribution is 2.22. The highest BCUT2D eigenvalue weighted by atomic mass is 16.2. The minimum Gasteiger partial charge on any atom is -0.354 e. The van der Waals surface area contributed by atoms with Gasteiger partial charge in [0.25, 0.3) is 5.91 Å². The number of fused-ring (bicyclic) bond motifs is 1. The van der Waals surface area contributed by atoms with Crippen molar-refractivity contribution in [1.29, 1.82) is 0 Å². The van der Waals surface area contributed by atoms with Crippen molar-refractivity contribution in [3.05, 3.63) is 35.4 Å². The second-order valence-corrected chi connectivity index (χ2v) is 5.82. The van der Waals surface area contributed by atoms with E-state index in [0.717, 1.165) is 26.2 Å². The van der Waals surface area contributed by atoms with Gasteiger partial charge in [-0.05, 0) is 17.7 Å². The average Bonchev–Trinajstić information content (AvgIpc) is 3.02. The fourth-order valence-electron chi connectivity index (χ4n) is 2.61. The molecule has 1 aromatic rings. The molecular weight excluding hydrogens is 306 g/mol. The minimum absolute atomic E-state index is 0.0525. The highest BCUT2D eigenvalue weighted by molar-refractivity contribution is 5.80. The Labute approximate surface area is 143 Å². The summed E-state index contributed by atoms with van der Waals surface area (Å²) in [4.78, 5) is 23.9. The molecule has 2 rings (SSSR count). The van der Waals surface area contributed by atoms with Crippen molar-refractivity contribution in [3.8, 4) is 0 Å². The molecule has 0 saturated carbocycles. The fraction of sp³-hybridized carbons (Fsp3) is 0.529. The fourth-order valence-corrected chi connectivity index (χ4v) is 2.61. The van der Waals surface area contributed by atoms with Crippen LogP contribution < -0.4 is 16.0 Å². The minimum atomic E-state index is -0.100. The Balaban J connectivity index is 1.65. The van der Waals surface area contributed by atoms with Crippen LogP contribution in [0.5, 0.6) is 0 Å². The zero-order valence-electron chi connectivity index (χ0n) is 14.5. The Morgan fingerprint density at radius 3 is 2.38 bits per heavy atom. The summed E-state index contributed by atoms with van der Waals surface area (Å²) in [5.74, 6) is -0.153. The molecule has 1 aliphatic heterocycles. The quantitative estimate of drug-likeness (QED) is 0.541. The summed E-state index contributed by atoms with van der Waals surface area (Å²) >= 11 is 0. The molecule has 0 saturated heterocycles. The smallest absolute Gasteiger partial charge is 0.250 e. The molecule has 0 radical (unpaired) electrons. The zero-order chi connectivity index (χ0) is 17.4. The van der Waals surface area contributed by atoms with Crippen LogP contribution in [-0.2, 0) is 22.7 Å². The SMILES string of the molecule is CCNCCNC(=O)CNCC(=O)N(C)N1Cc2ccccc2C1. The van der Waals surface area contributed by atoms with Gasteiger partial charge in [0.1, 0.15) is 0 Å². The molecule has 1 aromatic carbocycles. The number of benzene rings is 1. The first-order chi connectivity index (χ1) is 11.6. The molecule has 0 aromatic heterocycles. The Hall–Kier alpha value is -1.96. The van der Waals surface area contributed by atoms with E-state index in [0.29, 0.717) is 6.54 Å². The third-order valence-electron chi connectivity index (χ3n) is 4.05. The Morgan fingerprint density at radius 2 is 1.75 bits per heavy atom. The second kappa shape index (κ2) is 9.36. The van der Waals surface area contributed by atoms with Crippen molar-refractivity contribution in [2.45, 2.75) is 20.0 Å². The number of hydrazine groups is 1. The van der Waals surface area contributed by atoms with Crippen LogP contribution in [0, 0.1) is 0 Å². The average molecular weight is 333 g/mol. The summed E-state index contributed by atoms with van der Waals surface area (Å²) < 4.78 is 0. The van der Waals surface area contributed by atoms with Gasteiger partial charge in [-0.1, -0.05) is 31.2 Å². The normalized spacial score (nSPS) is 13.6. The molecule has 0 bridgehead atoms. The maximum absolute atomic E-state index is 12.2. The molecule has 7 heteroatoms. The molecule has 1 heterocycles. The van der Waals surface area contributed by atoms with Crippen molar-refractivity contribution in [2.24, 2.45) is 0 Å². The predicted molar refractivity (Wildman–Crippen MR) is 92.9 cm³/mol. The van der Waals surface area contributed by atoms with Gasteiger partial charge in [0.05, 0.1) is 13.1 Å². The molecule has 24 heavy (non-hydrogen) atoms. The molecule has 0 unspecified atom stereocenters. The first-order valence-corrected chi connectivity index (χ1v) is 8.38. The third kappa shape index (κ3) is 5.30. The first kappa shape index (κ1) is 18.4. The van der Waals surface area contributed by atoms with E-state index in [4.69, 9.17) is 0 Å². The standard InChI is InChI=1S/C17H27N5O2/c1-3-18-8-9-20-16(23)10-19-11-17(24)21(2)22-12-14-6-4-5-7-15(14)13-22/h4-7,18-19H,3,8-13H2,1-2H3,(H,20,23).